The first-order valence-corrected chi connectivity index (χ1v) is 12.1. The Balaban J connectivity index is 1.54. The van der Waals surface area contributed by atoms with Crippen LogP contribution >= 0.6 is 0 Å². The zero-order chi connectivity index (χ0) is 24.5. The third kappa shape index (κ3) is 4.28. The number of benzene rings is 1. The van der Waals surface area contributed by atoms with Gasteiger partial charge in [-0.05, 0) is 92.8 Å². The fourth-order valence-electron chi connectivity index (χ4n) is 4.59. The number of rotatable bonds is 6. The molecule has 6 heteroatoms. The quantitative estimate of drug-likeness (QED) is 0.296. The normalized spacial score (nSPS) is 11.2. The van der Waals surface area contributed by atoms with Gasteiger partial charge in [-0.1, -0.05) is 26.0 Å². The summed E-state index contributed by atoms with van der Waals surface area (Å²) in [4.78, 5) is 9.94. The number of hydrogen-bond acceptors (Lipinski definition) is 4. The van der Waals surface area contributed by atoms with Crippen LogP contribution < -0.4 is 0 Å². The lowest BCUT2D eigenvalue weighted by Crippen LogP contribution is -1.93. The van der Waals surface area contributed by atoms with E-state index in [0.29, 0.717) is 0 Å². The molecule has 0 atom stereocenters. The molecule has 0 fully saturated rings. The number of aromatic nitrogens is 6. The maximum absolute atomic E-state index is 4.97. The van der Waals surface area contributed by atoms with E-state index in [2.05, 4.69) is 73.2 Å². The predicted octanol–water partition coefficient (Wildman–Crippen LogP) is 6.64. The monoisotopic (exact) mass is 462 g/mol. The minimum Gasteiger partial charge on any atom is -0.282 e. The fraction of sp³-hybridized carbons (Fsp3) is 0.241. The zero-order valence-corrected chi connectivity index (χ0v) is 20.9. The molecule has 0 bridgehead atoms. The Hall–Kier alpha value is -4.06. The van der Waals surface area contributed by atoms with Gasteiger partial charge in [0.15, 0.2) is 0 Å². The van der Waals surface area contributed by atoms with Gasteiger partial charge in [-0.15, -0.1) is 0 Å². The smallest absolute Gasteiger partial charge is 0.114 e. The SMILES string of the molecule is CCc1[nH]nc(-c2cccc(-c3cc(C)cc(-c4cccc(-c5n[nH]c(CC)c5C)n4)c3)n2)c1C. The molecule has 6 nitrogen and oxygen atoms in total. The van der Waals surface area contributed by atoms with Gasteiger partial charge in [0.2, 0.25) is 0 Å². The van der Waals surface area contributed by atoms with E-state index in [0.717, 1.165) is 86.2 Å². The number of aromatic amines is 2. The molecular formula is C29H30N6. The Kier molecular flexibility index (Phi) is 6.03. The van der Waals surface area contributed by atoms with E-state index in [1.807, 2.05) is 36.4 Å². The number of nitrogens with zero attached hydrogens (tertiary/aromatic N) is 4. The summed E-state index contributed by atoms with van der Waals surface area (Å²) in [7, 11) is 0. The van der Waals surface area contributed by atoms with Crippen LogP contribution in [0, 0.1) is 20.8 Å². The molecule has 5 aromatic rings. The highest BCUT2D eigenvalue weighted by Crippen LogP contribution is 2.30. The Bertz CT molecular complexity index is 1400. The predicted molar refractivity (Wildman–Crippen MR) is 141 cm³/mol. The summed E-state index contributed by atoms with van der Waals surface area (Å²) in [5.41, 5.74) is 13.3. The summed E-state index contributed by atoms with van der Waals surface area (Å²) in [5, 5.41) is 15.3. The molecule has 0 radical (unpaired) electrons. The van der Waals surface area contributed by atoms with Crippen LogP contribution in [0.4, 0.5) is 0 Å². The number of aryl methyl sites for hydroxylation is 3. The average Bonchev–Trinajstić information content (AvgIpc) is 3.45. The number of pyridine rings is 2. The number of hydrogen-bond donors (Lipinski definition) is 2. The molecule has 0 aliphatic rings. The first kappa shape index (κ1) is 22.7. The molecule has 0 unspecified atom stereocenters. The maximum Gasteiger partial charge on any atom is 0.114 e. The van der Waals surface area contributed by atoms with E-state index in [9.17, 15) is 0 Å². The van der Waals surface area contributed by atoms with Crippen molar-refractivity contribution >= 4 is 0 Å². The minimum absolute atomic E-state index is 0.875. The minimum atomic E-state index is 0.875. The average molecular weight is 463 g/mol. The van der Waals surface area contributed by atoms with Crippen LogP contribution in [0.25, 0.3) is 45.3 Å². The van der Waals surface area contributed by atoms with Crippen molar-refractivity contribution in [1.29, 1.82) is 0 Å². The van der Waals surface area contributed by atoms with Crippen molar-refractivity contribution < 1.29 is 0 Å². The lowest BCUT2D eigenvalue weighted by Gasteiger charge is -2.10. The molecule has 0 spiro atoms. The van der Waals surface area contributed by atoms with Gasteiger partial charge in [0.05, 0.1) is 22.8 Å². The van der Waals surface area contributed by atoms with Crippen molar-refractivity contribution in [2.24, 2.45) is 0 Å². The van der Waals surface area contributed by atoms with Crippen LogP contribution in [0.1, 0.15) is 41.9 Å². The van der Waals surface area contributed by atoms with Crippen molar-refractivity contribution in [3.05, 3.63) is 82.7 Å². The van der Waals surface area contributed by atoms with E-state index >= 15 is 0 Å². The molecule has 0 saturated carbocycles. The molecular weight excluding hydrogens is 432 g/mol. The van der Waals surface area contributed by atoms with Crippen LogP contribution in [0.2, 0.25) is 0 Å². The molecule has 1 aromatic carbocycles. The third-order valence-corrected chi connectivity index (χ3v) is 6.58. The van der Waals surface area contributed by atoms with E-state index in [-0.39, 0.29) is 0 Å². The maximum atomic E-state index is 4.97. The van der Waals surface area contributed by atoms with Crippen LogP contribution in [0.3, 0.4) is 0 Å². The molecule has 0 aliphatic heterocycles. The van der Waals surface area contributed by atoms with Gasteiger partial charge in [-0.25, -0.2) is 9.97 Å². The summed E-state index contributed by atoms with van der Waals surface area (Å²) in [6, 6.07) is 18.7. The molecule has 5 rings (SSSR count). The Morgan fingerprint density at radius 3 is 1.43 bits per heavy atom. The molecule has 4 heterocycles. The Morgan fingerprint density at radius 1 is 0.600 bits per heavy atom. The van der Waals surface area contributed by atoms with Crippen LogP contribution in [-0.4, -0.2) is 30.4 Å². The van der Waals surface area contributed by atoms with Crippen molar-refractivity contribution in [3.63, 3.8) is 0 Å². The molecule has 4 aromatic heterocycles. The highest BCUT2D eigenvalue weighted by atomic mass is 15.1. The summed E-state index contributed by atoms with van der Waals surface area (Å²) < 4.78 is 0. The first-order valence-electron chi connectivity index (χ1n) is 12.1. The largest absolute Gasteiger partial charge is 0.282 e. The standard InChI is InChI=1S/C29H30N6/c1-6-22-18(4)28(34-32-22)26-12-8-10-24(30-26)20-14-17(3)15-21(16-20)25-11-9-13-27(31-25)29-19(5)23(7-2)33-35-29/h8-16H,6-7H2,1-5H3,(H,32,34)(H,33,35). The van der Waals surface area contributed by atoms with E-state index in [1.54, 1.807) is 0 Å². The van der Waals surface area contributed by atoms with Gasteiger partial charge in [0.1, 0.15) is 11.4 Å². The molecule has 176 valence electrons. The second-order valence-electron chi connectivity index (χ2n) is 8.96. The van der Waals surface area contributed by atoms with E-state index < -0.39 is 0 Å². The highest BCUT2D eigenvalue weighted by Gasteiger charge is 2.14. The van der Waals surface area contributed by atoms with E-state index in [4.69, 9.17) is 9.97 Å². The lowest BCUT2D eigenvalue weighted by molar-refractivity contribution is 0.969. The fourth-order valence-corrected chi connectivity index (χ4v) is 4.59. The molecule has 35 heavy (non-hydrogen) atoms. The molecule has 0 aliphatic carbocycles. The van der Waals surface area contributed by atoms with Crippen LogP contribution in [0.15, 0.2) is 54.6 Å². The summed E-state index contributed by atoms with van der Waals surface area (Å²) >= 11 is 0. The molecule has 0 saturated heterocycles. The van der Waals surface area contributed by atoms with Crippen molar-refractivity contribution in [2.45, 2.75) is 47.5 Å². The first-order chi connectivity index (χ1) is 17.0. The highest BCUT2D eigenvalue weighted by molar-refractivity contribution is 5.74. The summed E-state index contributed by atoms with van der Waals surface area (Å²) in [6.07, 6.45) is 1.84. The second-order valence-corrected chi connectivity index (χ2v) is 8.96. The number of nitrogens with one attached hydrogen (secondary N) is 2. The van der Waals surface area contributed by atoms with Gasteiger partial charge in [0, 0.05) is 22.5 Å². The van der Waals surface area contributed by atoms with Crippen molar-refractivity contribution in [3.8, 4) is 45.3 Å². The van der Waals surface area contributed by atoms with Gasteiger partial charge >= 0.3 is 0 Å². The Morgan fingerprint density at radius 2 is 1.03 bits per heavy atom. The van der Waals surface area contributed by atoms with Gasteiger partial charge in [-0.3, -0.25) is 10.2 Å². The van der Waals surface area contributed by atoms with Crippen LogP contribution in [0.5, 0.6) is 0 Å². The third-order valence-electron chi connectivity index (χ3n) is 6.58. The summed E-state index contributed by atoms with van der Waals surface area (Å²) in [5.74, 6) is 0. The number of H-pyrrole nitrogens is 2. The van der Waals surface area contributed by atoms with E-state index in [1.165, 1.54) is 0 Å². The van der Waals surface area contributed by atoms with Crippen LogP contribution in [-0.2, 0) is 12.8 Å². The summed E-state index contributed by atoms with van der Waals surface area (Å²) in [6.45, 7) is 10.6. The van der Waals surface area contributed by atoms with Gasteiger partial charge in [-0.2, -0.15) is 10.2 Å². The molecule has 2 N–H and O–H groups in total. The van der Waals surface area contributed by atoms with Crippen molar-refractivity contribution in [1.82, 2.24) is 30.4 Å². The zero-order valence-electron chi connectivity index (χ0n) is 20.9. The lowest BCUT2D eigenvalue weighted by atomic mass is 10.0. The van der Waals surface area contributed by atoms with Gasteiger partial charge in [0.25, 0.3) is 0 Å². The van der Waals surface area contributed by atoms with Gasteiger partial charge < -0.3 is 0 Å². The second kappa shape index (κ2) is 9.29. The Labute approximate surface area is 205 Å². The molecule has 0 amide bonds. The van der Waals surface area contributed by atoms with Crippen molar-refractivity contribution in [2.75, 3.05) is 0 Å². The topological polar surface area (TPSA) is 83.1 Å².